The molecule has 1 fully saturated rings. The standard InChI is InChI=1S/C20H22BrN3O4S/c1-14-7-5-6-12-24(14)29(27,28)16-10-11-18(21)17(13-16)20(26)23-22-19(25)15-8-3-2-4-9-15/h2-4,8-11,13-14H,5-7,12H2,1H3,(H,22,25)(H,23,26). The van der Waals surface area contributed by atoms with E-state index in [1.54, 1.807) is 30.3 Å². The van der Waals surface area contributed by atoms with Crippen LogP contribution in [0.15, 0.2) is 57.9 Å². The number of hydrogen-bond acceptors (Lipinski definition) is 4. The van der Waals surface area contributed by atoms with Crippen LogP contribution in [0.1, 0.15) is 46.9 Å². The molecule has 0 spiro atoms. The van der Waals surface area contributed by atoms with Gasteiger partial charge in [0.1, 0.15) is 0 Å². The Kier molecular flexibility index (Phi) is 6.71. The number of hydrogen-bond donors (Lipinski definition) is 2. The molecular weight excluding hydrogens is 458 g/mol. The Balaban J connectivity index is 1.78. The van der Waals surface area contributed by atoms with E-state index in [2.05, 4.69) is 26.8 Å². The summed E-state index contributed by atoms with van der Waals surface area (Å²) < 4.78 is 28.0. The van der Waals surface area contributed by atoms with E-state index >= 15 is 0 Å². The molecule has 1 aliphatic heterocycles. The second-order valence-electron chi connectivity index (χ2n) is 6.88. The lowest BCUT2D eigenvalue weighted by molar-refractivity contribution is 0.0846. The van der Waals surface area contributed by atoms with Gasteiger partial charge in [0.05, 0.1) is 10.5 Å². The third kappa shape index (κ3) is 4.85. The smallest absolute Gasteiger partial charge is 0.267 e. The van der Waals surface area contributed by atoms with E-state index in [9.17, 15) is 18.0 Å². The molecule has 1 saturated heterocycles. The number of hydrazine groups is 1. The van der Waals surface area contributed by atoms with Crippen molar-refractivity contribution in [1.82, 2.24) is 15.2 Å². The largest absolute Gasteiger partial charge is 0.270 e. The molecule has 2 amide bonds. The van der Waals surface area contributed by atoms with Crippen LogP contribution >= 0.6 is 15.9 Å². The molecule has 154 valence electrons. The molecule has 1 aliphatic rings. The Hall–Kier alpha value is -2.23. The van der Waals surface area contributed by atoms with Crippen molar-refractivity contribution in [3.8, 4) is 0 Å². The van der Waals surface area contributed by atoms with Crippen molar-refractivity contribution in [1.29, 1.82) is 0 Å². The molecule has 1 atom stereocenters. The molecule has 0 aromatic heterocycles. The van der Waals surface area contributed by atoms with Gasteiger partial charge < -0.3 is 0 Å². The van der Waals surface area contributed by atoms with E-state index in [0.717, 1.165) is 19.3 Å². The summed E-state index contributed by atoms with van der Waals surface area (Å²) in [6.45, 7) is 2.36. The van der Waals surface area contributed by atoms with Crippen molar-refractivity contribution in [3.05, 3.63) is 64.1 Å². The highest BCUT2D eigenvalue weighted by Crippen LogP contribution is 2.27. The van der Waals surface area contributed by atoms with Gasteiger partial charge in [-0.15, -0.1) is 0 Å². The van der Waals surface area contributed by atoms with Gasteiger partial charge in [-0.05, 0) is 66.0 Å². The lowest BCUT2D eigenvalue weighted by Gasteiger charge is -2.32. The Bertz CT molecular complexity index is 1010. The first-order valence-corrected chi connectivity index (χ1v) is 11.5. The van der Waals surface area contributed by atoms with Gasteiger partial charge in [0.25, 0.3) is 11.8 Å². The number of halogens is 1. The zero-order valence-corrected chi connectivity index (χ0v) is 18.3. The van der Waals surface area contributed by atoms with Gasteiger partial charge in [0, 0.05) is 22.6 Å². The number of nitrogens with zero attached hydrogens (tertiary/aromatic N) is 1. The van der Waals surface area contributed by atoms with E-state index in [4.69, 9.17) is 0 Å². The topological polar surface area (TPSA) is 95.6 Å². The van der Waals surface area contributed by atoms with Crippen LogP contribution in [0.5, 0.6) is 0 Å². The average molecular weight is 480 g/mol. The minimum absolute atomic E-state index is 0.0500. The molecule has 2 N–H and O–H groups in total. The van der Waals surface area contributed by atoms with Crippen LogP contribution in [0.2, 0.25) is 0 Å². The number of benzene rings is 2. The predicted octanol–water partition coefficient (Wildman–Crippen LogP) is 3.09. The molecule has 0 bridgehead atoms. The highest BCUT2D eigenvalue weighted by molar-refractivity contribution is 9.10. The van der Waals surface area contributed by atoms with Crippen molar-refractivity contribution < 1.29 is 18.0 Å². The zero-order valence-electron chi connectivity index (χ0n) is 15.9. The van der Waals surface area contributed by atoms with Crippen LogP contribution in [-0.4, -0.2) is 37.1 Å². The molecule has 7 nitrogen and oxygen atoms in total. The molecule has 9 heteroatoms. The van der Waals surface area contributed by atoms with E-state index in [-0.39, 0.29) is 16.5 Å². The minimum atomic E-state index is -3.71. The maximum Gasteiger partial charge on any atom is 0.270 e. The molecule has 0 radical (unpaired) electrons. The molecule has 1 unspecified atom stereocenters. The van der Waals surface area contributed by atoms with Gasteiger partial charge in [-0.3, -0.25) is 20.4 Å². The Labute approximate surface area is 178 Å². The van der Waals surface area contributed by atoms with E-state index in [1.807, 2.05) is 6.92 Å². The fourth-order valence-corrected chi connectivity index (χ4v) is 5.40. The molecule has 3 rings (SSSR count). The fraction of sp³-hybridized carbons (Fsp3) is 0.300. The molecule has 0 saturated carbocycles. The van der Waals surface area contributed by atoms with Gasteiger partial charge >= 0.3 is 0 Å². The molecule has 2 aromatic carbocycles. The first kappa shape index (κ1) is 21.5. The second kappa shape index (κ2) is 9.06. The van der Waals surface area contributed by atoms with Gasteiger partial charge in [0.15, 0.2) is 0 Å². The van der Waals surface area contributed by atoms with Crippen LogP contribution in [-0.2, 0) is 10.0 Å². The summed E-state index contributed by atoms with van der Waals surface area (Å²) in [7, 11) is -3.71. The fourth-order valence-electron chi connectivity index (χ4n) is 3.25. The lowest BCUT2D eigenvalue weighted by Crippen LogP contribution is -2.42. The summed E-state index contributed by atoms with van der Waals surface area (Å²) in [5.74, 6) is -1.09. The first-order valence-electron chi connectivity index (χ1n) is 9.28. The first-order chi connectivity index (χ1) is 13.8. The van der Waals surface area contributed by atoms with E-state index < -0.39 is 21.8 Å². The second-order valence-corrected chi connectivity index (χ2v) is 9.62. The van der Waals surface area contributed by atoms with Crippen LogP contribution in [0.25, 0.3) is 0 Å². The summed E-state index contributed by atoms with van der Waals surface area (Å²) in [5.41, 5.74) is 5.17. The number of piperidine rings is 1. The van der Waals surface area contributed by atoms with Crippen molar-refractivity contribution >= 4 is 37.8 Å². The summed E-state index contributed by atoms with van der Waals surface area (Å²) in [6, 6.07) is 12.7. The zero-order chi connectivity index (χ0) is 21.0. The lowest BCUT2D eigenvalue weighted by atomic mass is 10.1. The average Bonchev–Trinajstić information content (AvgIpc) is 2.72. The van der Waals surface area contributed by atoms with E-state index in [1.165, 1.54) is 22.5 Å². The number of carbonyl (C=O) groups excluding carboxylic acids is 2. The Morgan fingerprint density at radius 3 is 2.41 bits per heavy atom. The highest BCUT2D eigenvalue weighted by atomic mass is 79.9. The summed E-state index contributed by atoms with van der Waals surface area (Å²) >= 11 is 3.28. The van der Waals surface area contributed by atoms with Gasteiger partial charge in [-0.2, -0.15) is 4.31 Å². The quantitative estimate of drug-likeness (QED) is 0.658. The van der Waals surface area contributed by atoms with Crippen LogP contribution in [0.4, 0.5) is 0 Å². The van der Waals surface area contributed by atoms with Gasteiger partial charge in [0.2, 0.25) is 10.0 Å². The Morgan fingerprint density at radius 1 is 1.03 bits per heavy atom. The van der Waals surface area contributed by atoms with Gasteiger partial charge in [-0.25, -0.2) is 8.42 Å². The number of amides is 2. The Morgan fingerprint density at radius 2 is 1.72 bits per heavy atom. The number of nitrogens with one attached hydrogen (secondary N) is 2. The third-order valence-electron chi connectivity index (χ3n) is 4.86. The number of rotatable bonds is 4. The van der Waals surface area contributed by atoms with Crippen molar-refractivity contribution in [2.45, 2.75) is 37.1 Å². The molecule has 1 heterocycles. The third-order valence-corrected chi connectivity index (χ3v) is 7.56. The normalized spacial score (nSPS) is 17.5. The summed E-state index contributed by atoms with van der Waals surface area (Å²) in [4.78, 5) is 24.7. The van der Waals surface area contributed by atoms with Crippen molar-refractivity contribution in [2.75, 3.05) is 6.54 Å². The maximum atomic E-state index is 13.0. The highest BCUT2D eigenvalue weighted by Gasteiger charge is 2.31. The number of carbonyl (C=O) groups is 2. The SMILES string of the molecule is CC1CCCCN1S(=O)(=O)c1ccc(Br)c(C(=O)NNC(=O)c2ccccc2)c1. The molecular formula is C20H22BrN3O4S. The molecule has 2 aromatic rings. The number of sulfonamides is 1. The van der Waals surface area contributed by atoms with Crippen LogP contribution in [0, 0.1) is 0 Å². The molecule has 0 aliphatic carbocycles. The molecule has 29 heavy (non-hydrogen) atoms. The monoisotopic (exact) mass is 479 g/mol. The summed E-state index contributed by atoms with van der Waals surface area (Å²) in [6.07, 6.45) is 2.63. The maximum absolute atomic E-state index is 13.0. The van der Waals surface area contributed by atoms with Crippen molar-refractivity contribution in [2.24, 2.45) is 0 Å². The predicted molar refractivity (Wildman–Crippen MR) is 113 cm³/mol. The minimum Gasteiger partial charge on any atom is -0.267 e. The van der Waals surface area contributed by atoms with Gasteiger partial charge in [-0.1, -0.05) is 24.6 Å². The van der Waals surface area contributed by atoms with Crippen LogP contribution in [0.3, 0.4) is 0 Å². The van der Waals surface area contributed by atoms with E-state index in [0.29, 0.717) is 16.6 Å². The summed E-state index contributed by atoms with van der Waals surface area (Å²) in [5, 5.41) is 0. The van der Waals surface area contributed by atoms with Crippen molar-refractivity contribution in [3.63, 3.8) is 0 Å². The van der Waals surface area contributed by atoms with Crippen LogP contribution < -0.4 is 10.9 Å².